The molecule has 1 amide bonds. The molecule has 0 bridgehead atoms. The lowest BCUT2D eigenvalue weighted by atomic mass is 10.2. The van der Waals surface area contributed by atoms with Crippen LogP contribution in [-0.2, 0) is 11.4 Å². The number of ether oxygens (including phenoxy) is 1. The van der Waals surface area contributed by atoms with Crippen molar-refractivity contribution in [2.45, 2.75) is 6.61 Å². The Bertz CT molecular complexity index is 852. The van der Waals surface area contributed by atoms with Crippen LogP contribution in [0, 0.1) is 0 Å². The zero-order chi connectivity index (χ0) is 17.1. The van der Waals surface area contributed by atoms with Gasteiger partial charge in [0.2, 0.25) is 0 Å². The number of nitrogens with one attached hydrogen (secondary N) is 1. The van der Waals surface area contributed by atoms with Gasteiger partial charge in [0.1, 0.15) is 16.7 Å². The predicted octanol–water partition coefficient (Wildman–Crippen LogP) is 5.06. The van der Waals surface area contributed by atoms with Crippen molar-refractivity contribution in [3.63, 3.8) is 0 Å². The highest BCUT2D eigenvalue weighted by Gasteiger charge is 2.22. The van der Waals surface area contributed by atoms with E-state index >= 15 is 0 Å². The van der Waals surface area contributed by atoms with E-state index in [9.17, 15) is 4.79 Å². The maximum absolute atomic E-state index is 11.7. The van der Waals surface area contributed by atoms with Gasteiger partial charge in [0.15, 0.2) is 0 Å². The Balaban J connectivity index is 1.73. The number of carbonyl (C=O) groups excluding carboxylic acids is 1. The smallest absolute Gasteiger partial charge is 0.263 e. The number of amides is 1. The summed E-state index contributed by atoms with van der Waals surface area (Å²) >= 11 is 18.6. The molecule has 122 valence electrons. The fourth-order valence-electron chi connectivity index (χ4n) is 2.07. The van der Waals surface area contributed by atoms with Gasteiger partial charge in [0.05, 0.1) is 9.93 Å². The van der Waals surface area contributed by atoms with Crippen molar-refractivity contribution in [2.24, 2.45) is 0 Å². The first-order chi connectivity index (χ1) is 11.5. The molecule has 1 saturated heterocycles. The van der Waals surface area contributed by atoms with Gasteiger partial charge in [-0.25, -0.2) is 0 Å². The first kappa shape index (κ1) is 17.3. The first-order valence-electron chi connectivity index (χ1n) is 6.93. The summed E-state index contributed by atoms with van der Waals surface area (Å²) in [6.45, 7) is 0.326. The van der Waals surface area contributed by atoms with Crippen LogP contribution in [0.4, 0.5) is 0 Å². The molecule has 0 saturated carbocycles. The van der Waals surface area contributed by atoms with Crippen molar-refractivity contribution >= 4 is 63.5 Å². The van der Waals surface area contributed by atoms with E-state index in [0.29, 0.717) is 31.6 Å². The summed E-state index contributed by atoms with van der Waals surface area (Å²) in [4.78, 5) is 12.2. The number of rotatable bonds is 4. The third-order valence-corrected chi connectivity index (χ3v) is 5.06. The third-order valence-electron chi connectivity index (χ3n) is 3.24. The largest absolute Gasteiger partial charge is 0.487 e. The Labute approximate surface area is 159 Å². The second-order valence-electron chi connectivity index (χ2n) is 4.92. The molecule has 3 rings (SSSR count). The quantitative estimate of drug-likeness (QED) is 0.579. The molecule has 0 aromatic heterocycles. The van der Waals surface area contributed by atoms with Crippen molar-refractivity contribution in [3.05, 3.63) is 68.5 Å². The molecule has 1 aliphatic heterocycles. The summed E-state index contributed by atoms with van der Waals surface area (Å²) in [7, 11) is 0. The zero-order valence-electron chi connectivity index (χ0n) is 12.2. The van der Waals surface area contributed by atoms with Crippen LogP contribution in [0.1, 0.15) is 11.1 Å². The Kier molecular flexibility index (Phi) is 5.46. The summed E-state index contributed by atoms with van der Waals surface area (Å²) in [6, 6.07) is 12.8. The molecule has 0 radical (unpaired) electrons. The standard InChI is InChI=1S/C17H11Cl2NO2S2/c18-12-4-2-1-3-11(12)9-22-14-6-5-10(7-13(14)19)8-15-16(21)20-17(23)24-15/h1-8H,9H2,(H,20,21,23)/b15-8-. The van der Waals surface area contributed by atoms with Gasteiger partial charge in [-0.15, -0.1) is 0 Å². The average Bonchev–Trinajstić information content (AvgIpc) is 2.85. The molecular weight excluding hydrogens is 385 g/mol. The molecular formula is C17H11Cl2NO2S2. The SMILES string of the molecule is O=C1NC(=S)S/C1=C\c1ccc(OCc2ccccc2Cl)c(Cl)c1. The van der Waals surface area contributed by atoms with Crippen LogP contribution in [-0.4, -0.2) is 10.2 Å². The summed E-state index contributed by atoms with van der Waals surface area (Å²) in [5.41, 5.74) is 1.68. The lowest BCUT2D eigenvalue weighted by Crippen LogP contribution is -2.17. The highest BCUT2D eigenvalue weighted by Crippen LogP contribution is 2.30. The van der Waals surface area contributed by atoms with E-state index in [1.165, 1.54) is 11.8 Å². The minimum Gasteiger partial charge on any atom is -0.487 e. The summed E-state index contributed by atoms with van der Waals surface area (Å²) < 4.78 is 6.18. The van der Waals surface area contributed by atoms with Crippen LogP contribution in [0.25, 0.3) is 6.08 Å². The highest BCUT2D eigenvalue weighted by molar-refractivity contribution is 8.26. The minimum absolute atomic E-state index is 0.194. The predicted molar refractivity (Wildman–Crippen MR) is 104 cm³/mol. The highest BCUT2D eigenvalue weighted by atomic mass is 35.5. The molecule has 0 unspecified atom stereocenters. The number of halogens is 2. The van der Waals surface area contributed by atoms with E-state index in [-0.39, 0.29) is 5.91 Å². The van der Waals surface area contributed by atoms with Crippen molar-refractivity contribution < 1.29 is 9.53 Å². The molecule has 1 aliphatic rings. The van der Waals surface area contributed by atoms with E-state index in [1.807, 2.05) is 30.3 Å². The normalized spacial score (nSPS) is 15.7. The van der Waals surface area contributed by atoms with Gasteiger partial charge in [0.25, 0.3) is 5.91 Å². The second-order valence-corrected chi connectivity index (χ2v) is 7.46. The third kappa shape index (κ3) is 4.11. The maximum atomic E-state index is 11.7. The molecule has 2 aromatic rings. The number of thiocarbonyl (C=S) groups is 1. The summed E-state index contributed by atoms with van der Waals surface area (Å²) in [6.07, 6.45) is 1.74. The van der Waals surface area contributed by atoms with E-state index < -0.39 is 0 Å². The zero-order valence-corrected chi connectivity index (χ0v) is 15.4. The van der Waals surface area contributed by atoms with Gasteiger partial charge in [-0.2, -0.15) is 0 Å². The molecule has 1 N–H and O–H groups in total. The molecule has 1 heterocycles. The van der Waals surface area contributed by atoms with Crippen molar-refractivity contribution in [2.75, 3.05) is 0 Å². The lowest BCUT2D eigenvalue weighted by Gasteiger charge is -2.10. The van der Waals surface area contributed by atoms with Gasteiger partial charge < -0.3 is 10.1 Å². The van der Waals surface area contributed by atoms with Crippen molar-refractivity contribution in [1.29, 1.82) is 0 Å². The second kappa shape index (κ2) is 7.57. The Morgan fingerprint density at radius 1 is 1.17 bits per heavy atom. The van der Waals surface area contributed by atoms with Crippen LogP contribution in [0.2, 0.25) is 10.0 Å². The van der Waals surface area contributed by atoms with Crippen LogP contribution in [0.5, 0.6) is 5.75 Å². The number of thioether (sulfide) groups is 1. The summed E-state index contributed by atoms with van der Waals surface area (Å²) in [5, 5.41) is 3.68. The van der Waals surface area contributed by atoms with Crippen molar-refractivity contribution in [3.8, 4) is 5.75 Å². The van der Waals surface area contributed by atoms with Gasteiger partial charge in [-0.1, -0.05) is 71.4 Å². The monoisotopic (exact) mass is 395 g/mol. The van der Waals surface area contributed by atoms with E-state index in [4.69, 9.17) is 40.2 Å². The molecule has 0 aliphatic carbocycles. The van der Waals surface area contributed by atoms with Gasteiger partial charge >= 0.3 is 0 Å². The topological polar surface area (TPSA) is 38.3 Å². The molecule has 2 aromatic carbocycles. The van der Waals surface area contributed by atoms with Crippen LogP contribution in [0.15, 0.2) is 47.4 Å². The number of benzene rings is 2. The molecule has 7 heteroatoms. The Morgan fingerprint density at radius 2 is 1.96 bits per heavy atom. The van der Waals surface area contributed by atoms with Gasteiger partial charge in [-0.05, 0) is 29.8 Å². The number of hydrogen-bond acceptors (Lipinski definition) is 4. The van der Waals surface area contributed by atoms with E-state index in [2.05, 4.69) is 5.32 Å². The lowest BCUT2D eigenvalue weighted by molar-refractivity contribution is -0.115. The molecule has 1 fully saturated rings. The Hall–Kier alpha value is -1.53. The summed E-state index contributed by atoms with van der Waals surface area (Å²) in [5.74, 6) is 0.359. The number of hydrogen-bond donors (Lipinski definition) is 1. The van der Waals surface area contributed by atoms with Crippen LogP contribution < -0.4 is 10.1 Å². The van der Waals surface area contributed by atoms with Crippen LogP contribution >= 0.6 is 47.2 Å². The molecule has 0 atom stereocenters. The van der Waals surface area contributed by atoms with Gasteiger partial charge in [-0.3, -0.25) is 4.79 Å². The van der Waals surface area contributed by atoms with E-state index in [0.717, 1.165) is 11.1 Å². The molecule has 3 nitrogen and oxygen atoms in total. The maximum Gasteiger partial charge on any atom is 0.263 e. The average molecular weight is 396 g/mol. The Morgan fingerprint density at radius 3 is 2.62 bits per heavy atom. The fourth-order valence-corrected chi connectivity index (χ4v) is 3.55. The first-order valence-corrected chi connectivity index (χ1v) is 8.91. The molecule has 24 heavy (non-hydrogen) atoms. The van der Waals surface area contributed by atoms with Crippen LogP contribution in [0.3, 0.4) is 0 Å². The van der Waals surface area contributed by atoms with Crippen molar-refractivity contribution in [1.82, 2.24) is 5.32 Å². The molecule has 0 spiro atoms. The minimum atomic E-state index is -0.194. The fraction of sp³-hybridized carbons (Fsp3) is 0.0588. The van der Waals surface area contributed by atoms with Gasteiger partial charge in [0, 0.05) is 10.6 Å². The van der Waals surface area contributed by atoms with E-state index in [1.54, 1.807) is 18.2 Å². The number of carbonyl (C=O) groups is 1.